The van der Waals surface area contributed by atoms with Crippen molar-refractivity contribution < 1.29 is 9.59 Å². The Kier molecular flexibility index (Phi) is 8.31. The van der Waals surface area contributed by atoms with Gasteiger partial charge in [-0.3, -0.25) is 9.59 Å². The van der Waals surface area contributed by atoms with E-state index in [4.69, 9.17) is 4.98 Å². The Morgan fingerprint density at radius 3 is 1.63 bits per heavy atom. The van der Waals surface area contributed by atoms with Crippen molar-refractivity contribution in [1.29, 1.82) is 0 Å². The van der Waals surface area contributed by atoms with E-state index >= 15 is 0 Å². The number of aromatic nitrogens is 2. The van der Waals surface area contributed by atoms with Crippen molar-refractivity contribution in [3.63, 3.8) is 0 Å². The number of nitrogens with one attached hydrogen (secondary N) is 3. The van der Waals surface area contributed by atoms with Gasteiger partial charge in [0.2, 0.25) is 11.8 Å². The predicted molar refractivity (Wildman–Crippen MR) is 169 cm³/mol. The van der Waals surface area contributed by atoms with Crippen LogP contribution in [0.5, 0.6) is 0 Å². The van der Waals surface area contributed by atoms with Crippen LogP contribution >= 0.6 is 0 Å². The average Bonchev–Trinajstić information content (AvgIpc) is 3.36. The monoisotopic (exact) mass is 556 g/mol. The van der Waals surface area contributed by atoms with Crippen LogP contribution in [0.1, 0.15) is 92.9 Å². The van der Waals surface area contributed by atoms with Gasteiger partial charge in [-0.2, -0.15) is 0 Å². The van der Waals surface area contributed by atoms with Crippen molar-refractivity contribution in [3.8, 4) is 11.4 Å². The fourth-order valence-electron chi connectivity index (χ4n) is 6.87. The van der Waals surface area contributed by atoms with Crippen LogP contribution in [0.4, 0.5) is 11.4 Å². The summed E-state index contributed by atoms with van der Waals surface area (Å²) in [5, 5.41) is 6.26. The molecule has 6 heteroatoms. The van der Waals surface area contributed by atoms with Crippen LogP contribution in [0.2, 0.25) is 0 Å². The maximum Gasteiger partial charge on any atom is 0.227 e. The van der Waals surface area contributed by atoms with E-state index in [1.165, 1.54) is 0 Å². The maximum atomic E-state index is 13.0. The molecule has 2 saturated carbocycles. The van der Waals surface area contributed by atoms with Gasteiger partial charge in [0.15, 0.2) is 0 Å². The normalized spacial score (nSPS) is 23.8. The Morgan fingerprint density at radius 2 is 1.15 bits per heavy atom. The molecule has 0 atom stereocenters. The SMILES string of the molecule is CC(C)(C)C1CCC(C(=O)Nc2ccc(-c3nc4ccc(NC(=O)C5CCC(C(C)(C)C)CC5)cc4[nH]3)cc2)CC1. The molecule has 6 nitrogen and oxygen atoms in total. The van der Waals surface area contributed by atoms with E-state index in [-0.39, 0.29) is 23.7 Å². The van der Waals surface area contributed by atoms with Gasteiger partial charge in [-0.1, -0.05) is 41.5 Å². The van der Waals surface area contributed by atoms with E-state index in [2.05, 4.69) is 57.2 Å². The molecule has 5 rings (SSSR count). The minimum absolute atomic E-state index is 0.0825. The minimum Gasteiger partial charge on any atom is -0.338 e. The summed E-state index contributed by atoms with van der Waals surface area (Å²) in [6.07, 6.45) is 8.32. The highest BCUT2D eigenvalue weighted by molar-refractivity contribution is 5.95. The maximum absolute atomic E-state index is 13.0. The third-order valence-corrected chi connectivity index (χ3v) is 9.82. The summed E-state index contributed by atoms with van der Waals surface area (Å²) in [7, 11) is 0. The number of fused-ring (bicyclic) bond motifs is 1. The number of rotatable bonds is 5. The van der Waals surface area contributed by atoms with Gasteiger partial charge in [0.05, 0.1) is 11.0 Å². The lowest BCUT2D eigenvalue weighted by Gasteiger charge is -2.36. The fourth-order valence-corrected chi connectivity index (χ4v) is 6.87. The molecule has 41 heavy (non-hydrogen) atoms. The second-order valence-electron chi connectivity index (χ2n) is 14.7. The number of carbonyl (C=O) groups is 2. The number of amides is 2. The first-order valence-electron chi connectivity index (χ1n) is 15.6. The van der Waals surface area contributed by atoms with E-state index in [1.54, 1.807) is 0 Å². The predicted octanol–water partition coefficient (Wildman–Crippen LogP) is 8.81. The highest BCUT2D eigenvalue weighted by atomic mass is 16.2. The number of hydrogen-bond acceptors (Lipinski definition) is 3. The number of aromatic amines is 1. The van der Waals surface area contributed by atoms with Crippen LogP contribution in [-0.4, -0.2) is 21.8 Å². The molecule has 2 aliphatic rings. The second kappa shape index (κ2) is 11.6. The lowest BCUT2D eigenvalue weighted by Crippen LogP contribution is -2.31. The van der Waals surface area contributed by atoms with E-state index in [1.807, 2.05) is 42.5 Å². The fraction of sp³-hybridized carbons (Fsp3) is 0.571. The van der Waals surface area contributed by atoms with Gasteiger partial charge in [0.25, 0.3) is 0 Å². The van der Waals surface area contributed by atoms with Crippen LogP contribution in [0.25, 0.3) is 22.4 Å². The Hall–Kier alpha value is -3.15. The summed E-state index contributed by atoms with van der Waals surface area (Å²) in [5.74, 6) is 2.58. The average molecular weight is 557 g/mol. The molecule has 220 valence electrons. The zero-order valence-electron chi connectivity index (χ0n) is 25.8. The van der Waals surface area contributed by atoms with Crippen molar-refractivity contribution in [2.75, 3.05) is 10.6 Å². The summed E-state index contributed by atoms with van der Waals surface area (Å²) in [6.45, 7) is 13.8. The van der Waals surface area contributed by atoms with E-state index in [9.17, 15) is 9.59 Å². The van der Waals surface area contributed by atoms with E-state index < -0.39 is 0 Å². The van der Waals surface area contributed by atoms with Gasteiger partial charge in [0, 0.05) is 28.8 Å². The van der Waals surface area contributed by atoms with Crippen LogP contribution in [0.15, 0.2) is 42.5 Å². The standard InChI is InChI=1S/C35H48N4O2/c1-34(2,3)25-13-7-23(8-14-25)32(40)36-27-17-11-22(12-18-27)31-38-29-20-19-28(21-30(29)39-31)37-33(41)24-9-15-26(16-10-24)35(4,5)6/h11-12,17-21,23-26H,7-10,13-16H2,1-6H3,(H,36,40)(H,37,41)(H,38,39). The second-order valence-corrected chi connectivity index (χ2v) is 14.7. The zero-order chi connectivity index (χ0) is 29.4. The largest absolute Gasteiger partial charge is 0.338 e. The van der Waals surface area contributed by atoms with Gasteiger partial charge >= 0.3 is 0 Å². The molecule has 0 spiro atoms. The molecule has 3 aromatic rings. The van der Waals surface area contributed by atoms with E-state index in [0.717, 1.165) is 85.2 Å². The molecule has 0 aliphatic heterocycles. The van der Waals surface area contributed by atoms with Gasteiger partial charge < -0.3 is 15.6 Å². The third-order valence-electron chi connectivity index (χ3n) is 9.82. The van der Waals surface area contributed by atoms with Gasteiger partial charge in [-0.25, -0.2) is 4.98 Å². The van der Waals surface area contributed by atoms with Crippen molar-refractivity contribution in [2.24, 2.45) is 34.5 Å². The first-order valence-corrected chi connectivity index (χ1v) is 15.6. The molecule has 0 bridgehead atoms. The quantitative estimate of drug-likeness (QED) is 0.293. The molecule has 2 fully saturated rings. The number of anilines is 2. The Morgan fingerprint density at radius 1 is 0.683 bits per heavy atom. The number of benzene rings is 2. The molecule has 0 saturated heterocycles. The molecular formula is C35H48N4O2. The number of H-pyrrole nitrogens is 1. The van der Waals surface area contributed by atoms with Crippen molar-refractivity contribution in [1.82, 2.24) is 9.97 Å². The number of imidazole rings is 1. The van der Waals surface area contributed by atoms with Crippen LogP contribution in [0.3, 0.4) is 0 Å². The molecule has 1 heterocycles. The molecule has 2 amide bonds. The van der Waals surface area contributed by atoms with Crippen molar-refractivity contribution >= 4 is 34.2 Å². The van der Waals surface area contributed by atoms with Gasteiger partial charge in [0.1, 0.15) is 5.82 Å². The van der Waals surface area contributed by atoms with Crippen LogP contribution in [0, 0.1) is 34.5 Å². The summed E-state index contributed by atoms with van der Waals surface area (Å²) < 4.78 is 0. The first kappa shape index (κ1) is 29.3. The van der Waals surface area contributed by atoms with Crippen LogP contribution in [-0.2, 0) is 9.59 Å². The summed E-state index contributed by atoms with van der Waals surface area (Å²) >= 11 is 0. The summed E-state index contributed by atoms with van der Waals surface area (Å²) in [4.78, 5) is 34.0. The summed E-state index contributed by atoms with van der Waals surface area (Å²) in [5.41, 5.74) is 4.93. The lowest BCUT2D eigenvalue weighted by molar-refractivity contribution is -0.122. The van der Waals surface area contributed by atoms with Crippen molar-refractivity contribution in [2.45, 2.75) is 92.9 Å². The molecule has 2 aromatic carbocycles. The first-order chi connectivity index (χ1) is 19.4. The highest BCUT2D eigenvalue weighted by Crippen LogP contribution is 2.41. The molecule has 1 aromatic heterocycles. The summed E-state index contributed by atoms with van der Waals surface area (Å²) in [6, 6.07) is 13.7. The van der Waals surface area contributed by atoms with Crippen molar-refractivity contribution in [3.05, 3.63) is 42.5 Å². The minimum atomic E-state index is 0.0825. The highest BCUT2D eigenvalue weighted by Gasteiger charge is 2.33. The van der Waals surface area contributed by atoms with Crippen LogP contribution < -0.4 is 10.6 Å². The number of hydrogen-bond donors (Lipinski definition) is 3. The number of carbonyl (C=O) groups excluding carboxylic acids is 2. The molecular weight excluding hydrogens is 508 g/mol. The van der Waals surface area contributed by atoms with E-state index in [0.29, 0.717) is 22.7 Å². The number of nitrogens with zero attached hydrogens (tertiary/aromatic N) is 1. The zero-order valence-corrected chi connectivity index (χ0v) is 25.8. The Balaban J connectivity index is 1.17. The molecule has 0 radical (unpaired) electrons. The Labute approximate surface area is 245 Å². The van der Waals surface area contributed by atoms with Gasteiger partial charge in [-0.15, -0.1) is 0 Å². The lowest BCUT2D eigenvalue weighted by atomic mass is 9.69. The van der Waals surface area contributed by atoms with Gasteiger partial charge in [-0.05, 0) is 116 Å². The Bertz CT molecular complexity index is 1360. The molecule has 3 N–H and O–H groups in total. The molecule has 0 unspecified atom stereocenters. The molecule has 2 aliphatic carbocycles. The topological polar surface area (TPSA) is 86.9 Å². The smallest absolute Gasteiger partial charge is 0.227 e. The third kappa shape index (κ3) is 7.02.